The summed E-state index contributed by atoms with van der Waals surface area (Å²) in [6, 6.07) is 33.0. The molecule has 0 unspecified atom stereocenters. The van der Waals surface area contributed by atoms with Gasteiger partial charge in [0.2, 0.25) is 0 Å². The van der Waals surface area contributed by atoms with Gasteiger partial charge in [-0.15, -0.1) is 0 Å². The van der Waals surface area contributed by atoms with Crippen molar-refractivity contribution in [2.75, 3.05) is 0 Å². The molecule has 5 rings (SSSR count). The van der Waals surface area contributed by atoms with E-state index in [0.29, 0.717) is 6.61 Å². The second-order valence-electron chi connectivity index (χ2n) is 8.36. The van der Waals surface area contributed by atoms with Crippen LogP contribution in [-0.2, 0) is 13.0 Å². The zero-order valence-electron chi connectivity index (χ0n) is 18.2. The molecule has 4 aromatic rings. The summed E-state index contributed by atoms with van der Waals surface area (Å²) < 4.78 is 6.09. The Hall–Kier alpha value is -3.78. The second kappa shape index (κ2) is 8.76. The molecule has 0 radical (unpaired) electrons. The highest BCUT2D eigenvalue weighted by molar-refractivity contribution is 6.00. The van der Waals surface area contributed by atoms with Gasteiger partial charge in [-0.1, -0.05) is 78.4 Å². The first-order valence-electron chi connectivity index (χ1n) is 11.1. The summed E-state index contributed by atoms with van der Waals surface area (Å²) in [5, 5.41) is 9.82. The summed E-state index contributed by atoms with van der Waals surface area (Å²) in [7, 11) is 0. The van der Waals surface area contributed by atoms with Crippen LogP contribution in [0.5, 0.6) is 11.5 Å². The van der Waals surface area contributed by atoms with E-state index in [1.165, 1.54) is 33.4 Å². The molecular formula is C30H26O2. The maximum absolute atomic E-state index is 9.82. The number of hydrogen-bond acceptors (Lipinski definition) is 2. The lowest BCUT2D eigenvalue weighted by molar-refractivity contribution is 0.306. The summed E-state index contributed by atoms with van der Waals surface area (Å²) in [6.07, 6.45) is 1.94. The van der Waals surface area contributed by atoms with E-state index in [0.717, 1.165) is 29.7 Å². The van der Waals surface area contributed by atoms with Crippen molar-refractivity contribution < 1.29 is 9.84 Å². The Morgan fingerprint density at radius 2 is 1.47 bits per heavy atom. The van der Waals surface area contributed by atoms with Gasteiger partial charge in [0.15, 0.2) is 0 Å². The zero-order valence-corrected chi connectivity index (χ0v) is 18.2. The fourth-order valence-corrected chi connectivity index (χ4v) is 4.40. The third-order valence-corrected chi connectivity index (χ3v) is 6.10. The van der Waals surface area contributed by atoms with E-state index < -0.39 is 0 Å². The van der Waals surface area contributed by atoms with Crippen molar-refractivity contribution in [3.63, 3.8) is 0 Å². The number of aromatic hydroxyl groups is 1. The van der Waals surface area contributed by atoms with Crippen LogP contribution in [-0.4, -0.2) is 5.11 Å². The quantitative estimate of drug-likeness (QED) is 0.372. The van der Waals surface area contributed by atoms with Gasteiger partial charge in [-0.05, 0) is 83.0 Å². The van der Waals surface area contributed by atoms with Crippen LogP contribution in [0.25, 0.3) is 11.1 Å². The van der Waals surface area contributed by atoms with Gasteiger partial charge in [0.25, 0.3) is 0 Å². The van der Waals surface area contributed by atoms with Gasteiger partial charge in [0.05, 0.1) is 0 Å². The largest absolute Gasteiger partial charge is 0.508 e. The molecule has 0 heterocycles. The molecule has 1 N–H and O–H groups in total. The van der Waals surface area contributed by atoms with Gasteiger partial charge in [0.1, 0.15) is 18.1 Å². The predicted octanol–water partition coefficient (Wildman–Crippen LogP) is 7.18. The minimum absolute atomic E-state index is 0.284. The van der Waals surface area contributed by atoms with Crippen LogP contribution < -0.4 is 4.74 Å². The summed E-state index contributed by atoms with van der Waals surface area (Å²) in [5.41, 5.74) is 9.93. The third-order valence-electron chi connectivity index (χ3n) is 6.10. The Bertz CT molecular complexity index is 1250. The van der Waals surface area contributed by atoms with E-state index in [4.69, 9.17) is 4.74 Å². The first kappa shape index (κ1) is 20.1. The van der Waals surface area contributed by atoms with E-state index in [2.05, 4.69) is 61.5 Å². The van der Waals surface area contributed by atoms with E-state index in [-0.39, 0.29) is 5.75 Å². The van der Waals surface area contributed by atoms with Gasteiger partial charge in [-0.3, -0.25) is 0 Å². The first-order chi connectivity index (χ1) is 15.7. The van der Waals surface area contributed by atoms with Gasteiger partial charge in [-0.2, -0.15) is 0 Å². The lowest BCUT2D eigenvalue weighted by Crippen LogP contribution is -2.07. The van der Waals surface area contributed by atoms with Crippen molar-refractivity contribution in [1.29, 1.82) is 0 Å². The SMILES string of the molecule is Cc1ccc(C2=C(c3ccc(O)cc3)c3ccc(OCc4ccccc4)cc3CC2)cc1. The number of fused-ring (bicyclic) bond motifs is 1. The number of phenols is 1. The van der Waals surface area contributed by atoms with Crippen molar-refractivity contribution in [1.82, 2.24) is 0 Å². The average molecular weight is 419 g/mol. The fraction of sp³-hybridized carbons (Fsp3) is 0.133. The molecule has 0 saturated carbocycles. The van der Waals surface area contributed by atoms with Gasteiger partial charge in [0, 0.05) is 0 Å². The van der Waals surface area contributed by atoms with Crippen LogP contribution >= 0.6 is 0 Å². The van der Waals surface area contributed by atoms with Crippen molar-refractivity contribution in [3.8, 4) is 11.5 Å². The minimum atomic E-state index is 0.284. The van der Waals surface area contributed by atoms with E-state index >= 15 is 0 Å². The molecule has 0 fully saturated rings. The van der Waals surface area contributed by atoms with Crippen LogP contribution in [0.3, 0.4) is 0 Å². The Kier molecular flexibility index (Phi) is 5.51. The van der Waals surface area contributed by atoms with E-state index in [9.17, 15) is 5.11 Å². The molecule has 0 bridgehead atoms. The summed E-state index contributed by atoms with van der Waals surface area (Å²) in [6.45, 7) is 2.68. The summed E-state index contributed by atoms with van der Waals surface area (Å²) in [4.78, 5) is 0. The van der Waals surface area contributed by atoms with Crippen LogP contribution in [0.2, 0.25) is 0 Å². The normalized spacial score (nSPS) is 13.0. The molecule has 0 aliphatic heterocycles. The smallest absolute Gasteiger partial charge is 0.120 e. The molecule has 2 heteroatoms. The van der Waals surface area contributed by atoms with Crippen LogP contribution in [0.1, 0.15) is 39.8 Å². The Morgan fingerprint density at radius 3 is 2.22 bits per heavy atom. The molecule has 0 saturated heterocycles. The van der Waals surface area contributed by atoms with Gasteiger partial charge >= 0.3 is 0 Å². The molecule has 32 heavy (non-hydrogen) atoms. The first-order valence-corrected chi connectivity index (χ1v) is 11.1. The molecule has 0 atom stereocenters. The topological polar surface area (TPSA) is 29.5 Å². The lowest BCUT2D eigenvalue weighted by Gasteiger charge is -2.25. The number of allylic oxidation sites excluding steroid dienone is 1. The third kappa shape index (κ3) is 4.17. The standard InChI is InChI=1S/C30H26O2/c1-21-7-9-23(10-8-21)28-17-13-25-19-27(32-20-22-5-3-2-4-6-22)16-18-29(25)30(28)24-11-14-26(31)15-12-24/h2-12,14-16,18-19,31H,13,17,20H2,1H3. The number of benzene rings is 4. The highest BCUT2D eigenvalue weighted by Gasteiger charge is 2.22. The maximum atomic E-state index is 9.82. The summed E-state index contributed by atoms with van der Waals surface area (Å²) in [5.74, 6) is 1.18. The highest BCUT2D eigenvalue weighted by Crippen LogP contribution is 2.42. The lowest BCUT2D eigenvalue weighted by atomic mass is 9.79. The Morgan fingerprint density at radius 1 is 0.750 bits per heavy atom. The van der Waals surface area contributed by atoms with Crippen molar-refractivity contribution >= 4 is 11.1 Å². The monoisotopic (exact) mass is 418 g/mol. The van der Waals surface area contributed by atoms with Crippen LogP contribution in [0.15, 0.2) is 97.1 Å². The molecule has 1 aliphatic carbocycles. The second-order valence-corrected chi connectivity index (χ2v) is 8.36. The Balaban J connectivity index is 1.54. The van der Waals surface area contributed by atoms with Crippen LogP contribution in [0, 0.1) is 6.92 Å². The number of phenolic OH excluding ortho intramolecular Hbond substituents is 1. The average Bonchev–Trinajstić information content (AvgIpc) is 2.84. The van der Waals surface area contributed by atoms with Crippen molar-refractivity contribution in [3.05, 3.63) is 130 Å². The minimum Gasteiger partial charge on any atom is -0.508 e. The van der Waals surface area contributed by atoms with Crippen LogP contribution in [0.4, 0.5) is 0 Å². The van der Waals surface area contributed by atoms with Crippen molar-refractivity contribution in [2.24, 2.45) is 0 Å². The van der Waals surface area contributed by atoms with E-state index in [1.807, 2.05) is 30.3 Å². The van der Waals surface area contributed by atoms with E-state index in [1.54, 1.807) is 12.1 Å². The van der Waals surface area contributed by atoms with Crippen molar-refractivity contribution in [2.45, 2.75) is 26.4 Å². The molecular weight excluding hydrogens is 392 g/mol. The molecule has 0 spiro atoms. The molecule has 0 aromatic heterocycles. The molecule has 1 aliphatic rings. The zero-order chi connectivity index (χ0) is 21.9. The number of rotatable bonds is 5. The summed E-state index contributed by atoms with van der Waals surface area (Å²) >= 11 is 0. The molecule has 2 nitrogen and oxygen atoms in total. The fourth-order valence-electron chi connectivity index (χ4n) is 4.40. The Labute approximate surface area is 189 Å². The predicted molar refractivity (Wildman–Crippen MR) is 131 cm³/mol. The highest BCUT2D eigenvalue weighted by atomic mass is 16.5. The number of ether oxygens (including phenoxy) is 1. The maximum Gasteiger partial charge on any atom is 0.120 e. The van der Waals surface area contributed by atoms with Gasteiger partial charge in [-0.25, -0.2) is 0 Å². The number of hydrogen-bond donors (Lipinski definition) is 1. The van der Waals surface area contributed by atoms with Gasteiger partial charge < -0.3 is 9.84 Å². The molecule has 0 amide bonds. The molecule has 158 valence electrons. The molecule has 4 aromatic carbocycles. The number of aryl methyl sites for hydroxylation is 2.